The van der Waals surface area contributed by atoms with Crippen LogP contribution < -0.4 is 0 Å². The Morgan fingerprint density at radius 3 is 2.81 bits per heavy atom. The van der Waals surface area contributed by atoms with Gasteiger partial charge in [-0.3, -0.25) is 0 Å². The molecule has 0 fully saturated rings. The minimum absolute atomic E-state index is 0.281. The molecule has 0 amide bonds. The summed E-state index contributed by atoms with van der Waals surface area (Å²) in [5.74, 6) is 0.281. The van der Waals surface area contributed by atoms with Gasteiger partial charge in [-0.1, -0.05) is 36.0 Å². The highest BCUT2D eigenvalue weighted by molar-refractivity contribution is 5.20. The van der Waals surface area contributed by atoms with Gasteiger partial charge in [0.2, 0.25) is 0 Å². The van der Waals surface area contributed by atoms with Crippen LogP contribution in [0.25, 0.3) is 0 Å². The Kier molecular flexibility index (Phi) is 4.55. The predicted molar refractivity (Wildman–Crippen MR) is 70.3 cm³/mol. The summed E-state index contributed by atoms with van der Waals surface area (Å²) in [7, 11) is 0. The van der Waals surface area contributed by atoms with Gasteiger partial charge in [0.25, 0.3) is 0 Å². The molecule has 16 heavy (non-hydrogen) atoms. The molecule has 0 aliphatic heterocycles. The van der Waals surface area contributed by atoms with Crippen LogP contribution in [0.4, 0.5) is 0 Å². The van der Waals surface area contributed by atoms with Crippen LogP contribution in [0, 0.1) is 5.92 Å². The van der Waals surface area contributed by atoms with Crippen LogP contribution in [-0.2, 0) is 0 Å². The van der Waals surface area contributed by atoms with Crippen molar-refractivity contribution in [2.45, 2.75) is 52.1 Å². The first-order chi connectivity index (χ1) is 7.42. The van der Waals surface area contributed by atoms with Crippen molar-refractivity contribution in [1.29, 1.82) is 0 Å². The molecule has 1 heteroatoms. The van der Waals surface area contributed by atoms with E-state index < -0.39 is 5.60 Å². The van der Waals surface area contributed by atoms with Crippen LogP contribution in [0.1, 0.15) is 46.5 Å². The summed E-state index contributed by atoms with van der Waals surface area (Å²) in [5.41, 5.74) is 1.92. The van der Waals surface area contributed by atoms with Crippen LogP contribution in [0.15, 0.2) is 36.0 Å². The molecule has 0 saturated carbocycles. The lowest BCUT2D eigenvalue weighted by molar-refractivity contribution is 0.00667. The second-order valence-electron chi connectivity index (χ2n) is 5.34. The summed E-state index contributed by atoms with van der Waals surface area (Å²) >= 11 is 0. The standard InChI is InChI=1S/C15H24O/c1-12(2)6-5-11-15(4,16)14-9-7-13(3)8-10-14/h6-7,9,14,16H,3,5,8,10-11H2,1-2,4H3. The minimum atomic E-state index is -0.580. The SMILES string of the molecule is C=C1C=CC(C(C)(O)CCC=C(C)C)CC1. The molecular formula is C15H24O. The number of allylic oxidation sites excluding steroid dienone is 4. The molecule has 0 bridgehead atoms. The summed E-state index contributed by atoms with van der Waals surface area (Å²) in [4.78, 5) is 0. The van der Waals surface area contributed by atoms with Crippen LogP contribution in [0.3, 0.4) is 0 Å². The fraction of sp³-hybridized carbons (Fsp3) is 0.600. The normalized spacial score (nSPS) is 24.0. The molecule has 2 atom stereocenters. The minimum Gasteiger partial charge on any atom is -0.390 e. The van der Waals surface area contributed by atoms with Gasteiger partial charge < -0.3 is 5.11 Å². The molecule has 0 radical (unpaired) electrons. The van der Waals surface area contributed by atoms with Crippen LogP contribution in [0.5, 0.6) is 0 Å². The van der Waals surface area contributed by atoms with Gasteiger partial charge in [0.05, 0.1) is 5.60 Å². The quantitative estimate of drug-likeness (QED) is 0.710. The Balaban J connectivity index is 2.53. The lowest BCUT2D eigenvalue weighted by Crippen LogP contribution is -2.34. The Hall–Kier alpha value is -0.820. The third-order valence-corrected chi connectivity index (χ3v) is 3.34. The van der Waals surface area contributed by atoms with Gasteiger partial charge in [0.1, 0.15) is 0 Å². The number of aliphatic hydroxyl groups is 1. The zero-order valence-corrected chi connectivity index (χ0v) is 10.8. The molecule has 1 aliphatic carbocycles. The van der Waals surface area contributed by atoms with E-state index in [1.165, 1.54) is 11.1 Å². The van der Waals surface area contributed by atoms with Crippen LogP contribution >= 0.6 is 0 Å². The highest BCUT2D eigenvalue weighted by atomic mass is 16.3. The van der Waals surface area contributed by atoms with Gasteiger partial charge in [-0.25, -0.2) is 0 Å². The average molecular weight is 220 g/mol. The maximum atomic E-state index is 10.4. The van der Waals surface area contributed by atoms with Gasteiger partial charge in [-0.15, -0.1) is 0 Å². The fourth-order valence-corrected chi connectivity index (χ4v) is 2.13. The first-order valence-corrected chi connectivity index (χ1v) is 6.13. The van der Waals surface area contributed by atoms with Gasteiger partial charge in [0, 0.05) is 5.92 Å². The van der Waals surface area contributed by atoms with Gasteiger partial charge in [0.15, 0.2) is 0 Å². The fourth-order valence-electron chi connectivity index (χ4n) is 2.13. The number of hydrogen-bond donors (Lipinski definition) is 1. The van der Waals surface area contributed by atoms with E-state index in [-0.39, 0.29) is 5.92 Å². The molecule has 0 aromatic heterocycles. The van der Waals surface area contributed by atoms with Gasteiger partial charge in [-0.2, -0.15) is 0 Å². The van der Waals surface area contributed by atoms with Crippen molar-refractivity contribution in [3.05, 3.63) is 36.0 Å². The first-order valence-electron chi connectivity index (χ1n) is 6.13. The molecule has 1 nitrogen and oxygen atoms in total. The van der Waals surface area contributed by atoms with Crippen molar-refractivity contribution in [1.82, 2.24) is 0 Å². The van der Waals surface area contributed by atoms with E-state index in [1.807, 2.05) is 6.92 Å². The molecule has 1 rings (SSSR count). The van der Waals surface area contributed by atoms with Crippen molar-refractivity contribution in [2.75, 3.05) is 0 Å². The molecule has 0 aromatic rings. The lowest BCUT2D eigenvalue weighted by Gasteiger charge is -2.33. The van der Waals surface area contributed by atoms with Crippen LogP contribution in [-0.4, -0.2) is 10.7 Å². The van der Waals surface area contributed by atoms with E-state index >= 15 is 0 Å². The van der Waals surface area contributed by atoms with Crippen molar-refractivity contribution in [3.8, 4) is 0 Å². The van der Waals surface area contributed by atoms with E-state index in [0.29, 0.717) is 0 Å². The van der Waals surface area contributed by atoms with E-state index in [4.69, 9.17) is 0 Å². The largest absolute Gasteiger partial charge is 0.390 e. The maximum absolute atomic E-state index is 10.4. The molecular weight excluding hydrogens is 196 g/mol. The van der Waals surface area contributed by atoms with Crippen molar-refractivity contribution >= 4 is 0 Å². The van der Waals surface area contributed by atoms with Crippen molar-refractivity contribution in [2.24, 2.45) is 5.92 Å². The van der Waals surface area contributed by atoms with Crippen molar-refractivity contribution in [3.63, 3.8) is 0 Å². The van der Waals surface area contributed by atoms with E-state index in [1.54, 1.807) is 0 Å². The predicted octanol–water partition coefficient (Wildman–Crippen LogP) is 4.01. The van der Waals surface area contributed by atoms with E-state index in [9.17, 15) is 5.11 Å². The zero-order valence-electron chi connectivity index (χ0n) is 10.8. The average Bonchev–Trinajstić information content (AvgIpc) is 2.17. The molecule has 0 heterocycles. The Morgan fingerprint density at radius 2 is 2.31 bits per heavy atom. The van der Waals surface area contributed by atoms with Gasteiger partial charge in [-0.05, 0) is 46.5 Å². The summed E-state index contributed by atoms with van der Waals surface area (Å²) in [6.45, 7) is 10.1. The summed E-state index contributed by atoms with van der Waals surface area (Å²) < 4.78 is 0. The van der Waals surface area contributed by atoms with Crippen LogP contribution in [0.2, 0.25) is 0 Å². The second kappa shape index (κ2) is 5.49. The molecule has 2 unspecified atom stereocenters. The van der Waals surface area contributed by atoms with Gasteiger partial charge >= 0.3 is 0 Å². The molecule has 0 saturated heterocycles. The monoisotopic (exact) mass is 220 g/mol. The van der Waals surface area contributed by atoms with E-state index in [0.717, 1.165) is 25.7 Å². The Morgan fingerprint density at radius 1 is 1.62 bits per heavy atom. The zero-order chi connectivity index (χ0) is 12.2. The highest BCUT2D eigenvalue weighted by Crippen LogP contribution is 2.32. The molecule has 0 aromatic carbocycles. The summed E-state index contributed by atoms with van der Waals surface area (Å²) in [6.07, 6.45) is 10.2. The Bertz CT molecular complexity index is 303. The summed E-state index contributed by atoms with van der Waals surface area (Å²) in [5, 5.41) is 10.4. The Labute approximate surface area is 99.6 Å². The van der Waals surface area contributed by atoms with E-state index in [2.05, 4.69) is 38.7 Å². The first kappa shape index (κ1) is 13.2. The molecule has 0 spiro atoms. The maximum Gasteiger partial charge on any atom is 0.0685 e. The number of hydrogen-bond acceptors (Lipinski definition) is 1. The lowest BCUT2D eigenvalue weighted by atomic mass is 9.78. The van der Waals surface area contributed by atoms with Crippen molar-refractivity contribution < 1.29 is 5.11 Å². The number of rotatable bonds is 4. The topological polar surface area (TPSA) is 20.2 Å². The smallest absolute Gasteiger partial charge is 0.0685 e. The highest BCUT2D eigenvalue weighted by Gasteiger charge is 2.30. The second-order valence-corrected chi connectivity index (χ2v) is 5.34. The third kappa shape index (κ3) is 3.97. The summed E-state index contributed by atoms with van der Waals surface area (Å²) in [6, 6.07) is 0. The molecule has 90 valence electrons. The third-order valence-electron chi connectivity index (χ3n) is 3.34. The molecule has 1 aliphatic rings. The molecule has 1 N–H and O–H groups in total.